The Balaban J connectivity index is 1.32. The van der Waals surface area contributed by atoms with Crippen molar-refractivity contribution in [3.8, 4) is 0 Å². The number of H-pyrrole nitrogens is 1. The van der Waals surface area contributed by atoms with Gasteiger partial charge in [-0.15, -0.1) is 0 Å². The van der Waals surface area contributed by atoms with Crippen LogP contribution in [0.4, 0.5) is 5.69 Å². The molecule has 0 radical (unpaired) electrons. The molecule has 4 aromatic rings. The zero-order chi connectivity index (χ0) is 22.4. The SMILES string of the molecule is Cc1ccc2[nH]c3c(=O)n(CC(=O)N4CCN(c5cccc(C)c5C)CC4)ncc3c2c1. The first kappa shape index (κ1) is 20.3. The first-order valence-electron chi connectivity index (χ1n) is 11.0. The van der Waals surface area contributed by atoms with Crippen molar-refractivity contribution in [1.82, 2.24) is 19.7 Å². The smallest absolute Gasteiger partial charge is 0.291 e. The average molecular weight is 430 g/mol. The Labute approximate surface area is 186 Å². The standard InChI is InChI=1S/C25H27N5O2/c1-16-7-8-21-19(13-16)20-14-26-30(25(32)24(20)27-21)15-23(31)29-11-9-28(10-12-29)22-6-4-5-17(2)18(22)3/h4-8,13-14,27H,9-12,15H2,1-3H3. The Bertz CT molecular complexity index is 1390. The van der Waals surface area contributed by atoms with Crippen molar-refractivity contribution in [2.45, 2.75) is 27.3 Å². The summed E-state index contributed by atoms with van der Waals surface area (Å²) >= 11 is 0. The second-order valence-corrected chi connectivity index (χ2v) is 8.66. The number of benzene rings is 2. The highest BCUT2D eigenvalue weighted by Gasteiger charge is 2.23. The summed E-state index contributed by atoms with van der Waals surface area (Å²) in [7, 11) is 0. The van der Waals surface area contributed by atoms with Crippen LogP contribution in [0, 0.1) is 20.8 Å². The number of aromatic nitrogens is 3. The topological polar surface area (TPSA) is 74.2 Å². The van der Waals surface area contributed by atoms with E-state index in [1.165, 1.54) is 21.5 Å². The minimum Gasteiger partial charge on any atom is -0.368 e. The van der Waals surface area contributed by atoms with Crippen LogP contribution in [0.25, 0.3) is 21.8 Å². The lowest BCUT2D eigenvalue weighted by molar-refractivity contribution is -0.132. The number of carbonyl (C=O) groups is 1. The number of hydrogen-bond donors (Lipinski definition) is 1. The Hall–Kier alpha value is -3.61. The summed E-state index contributed by atoms with van der Waals surface area (Å²) in [5, 5.41) is 6.07. The molecule has 164 valence electrons. The van der Waals surface area contributed by atoms with Gasteiger partial charge in [0.15, 0.2) is 0 Å². The Morgan fingerprint density at radius 3 is 2.59 bits per heavy atom. The van der Waals surface area contributed by atoms with Crippen LogP contribution in [0.2, 0.25) is 0 Å². The molecule has 1 saturated heterocycles. The molecule has 1 aliphatic rings. The third kappa shape index (κ3) is 3.43. The van der Waals surface area contributed by atoms with Gasteiger partial charge in [0.2, 0.25) is 5.91 Å². The molecule has 7 heteroatoms. The van der Waals surface area contributed by atoms with Gasteiger partial charge in [0.25, 0.3) is 5.56 Å². The third-order valence-electron chi connectivity index (χ3n) is 6.60. The fraction of sp³-hybridized carbons (Fsp3) is 0.320. The summed E-state index contributed by atoms with van der Waals surface area (Å²) in [6, 6.07) is 12.4. The highest BCUT2D eigenvalue weighted by molar-refractivity contribution is 6.06. The van der Waals surface area contributed by atoms with Gasteiger partial charge >= 0.3 is 0 Å². The summed E-state index contributed by atoms with van der Waals surface area (Å²) in [6.07, 6.45) is 1.68. The fourth-order valence-corrected chi connectivity index (χ4v) is 4.55. The zero-order valence-electron chi connectivity index (χ0n) is 18.7. The molecular formula is C25H27N5O2. The van der Waals surface area contributed by atoms with E-state index in [9.17, 15) is 9.59 Å². The van der Waals surface area contributed by atoms with Crippen LogP contribution in [0.5, 0.6) is 0 Å². The molecular weight excluding hydrogens is 402 g/mol. The van der Waals surface area contributed by atoms with Crippen molar-refractivity contribution >= 4 is 33.4 Å². The van der Waals surface area contributed by atoms with Crippen molar-refractivity contribution in [3.63, 3.8) is 0 Å². The highest BCUT2D eigenvalue weighted by atomic mass is 16.2. The number of aryl methyl sites for hydroxylation is 2. The zero-order valence-corrected chi connectivity index (χ0v) is 18.7. The fourth-order valence-electron chi connectivity index (χ4n) is 4.55. The molecule has 2 aromatic heterocycles. The molecule has 1 aliphatic heterocycles. The van der Waals surface area contributed by atoms with Gasteiger partial charge < -0.3 is 14.8 Å². The molecule has 7 nitrogen and oxygen atoms in total. The lowest BCUT2D eigenvalue weighted by atomic mass is 10.1. The van der Waals surface area contributed by atoms with Crippen LogP contribution in [0.3, 0.4) is 0 Å². The third-order valence-corrected chi connectivity index (χ3v) is 6.60. The van der Waals surface area contributed by atoms with Gasteiger partial charge in [-0.3, -0.25) is 9.59 Å². The van der Waals surface area contributed by atoms with Gasteiger partial charge in [-0.25, -0.2) is 4.68 Å². The number of anilines is 1. The van der Waals surface area contributed by atoms with Crippen LogP contribution in [0.15, 0.2) is 47.4 Å². The van der Waals surface area contributed by atoms with Crippen molar-refractivity contribution in [2.24, 2.45) is 0 Å². The molecule has 32 heavy (non-hydrogen) atoms. The monoisotopic (exact) mass is 429 g/mol. The second kappa shape index (κ2) is 7.82. The van der Waals surface area contributed by atoms with Crippen molar-refractivity contribution < 1.29 is 4.79 Å². The maximum Gasteiger partial charge on any atom is 0.291 e. The number of nitrogens with zero attached hydrogens (tertiary/aromatic N) is 4. The molecule has 1 N–H and O–H groups in total. The second-order valence-electron chi connectivity index (χ2n) is 8.66. The van der Waals surface area contributed by atoms with Gasteiger partial charge in [0.1, 0.15) is 12.1 Å². The molecule has 2 aromatic carbocycles. The van der Waals surface area contributed by atoms with E-state index in [-0.39, 0.29) is 18.0 Å². The summed E-state index contributed by atoms with van der Waals surface area (Å²) in [6.45, 7) is 9.05. The van der Waals surface area contributed by atoms with E-state index in [1.54, 1.807) is 6.20 Å². The number of amides is 1. The number of fused-ring (bicyclic) bond motifs is 3. The van der Waals surface area contributed by atoms with E-state index >= 15 is 0 Å². The van der Waals surface area contributed by atoms with E-state index in [0.29, 0.717) is 18.6 Å². The first-order valence-corrected chi connectivity index (χ1v) is 11.0. The number of aromatic amines is 1. The number of rotatable bonds is 3. The van der Waals surface area contributed by atoms with Crippen molar-refractivity contribution in [2.75, 3.05) is 31.1 Å². The Morgan fingerprint density at radius 2 is 1.81 bits per heavy atom. The molecule has 0 atom stereocenters. The van der Waals surface area contributed by atoms with E-state index in [0.717, 1.165) is 34.9 Å². The highest BCUT2D eigenvalue weighted by Crippen LogP contribution is 2.25. The van der Waals surface area contributed by atoms with Gasteiger partial charge in [-0.05, 0) is 50.1 Å². The van der Waals surface area contributed by atoms with Crippen molar-refractivity contribution in [1.29, 1.82) is 0 Å². The largest absolute Gasteiger partial charge is 0.368 e. The van der Waals surface area contributed by atoms with E-state index in [4.69, 9.17) is 0 Å². The van der Waals surface area contributed by atoms with Gasteiger partial charge in [0, 0.05) is 48.2 Å². The van der Waals surface area contributed by atoms with Gasteiger partial charge in [-0.2, -0.15) is 5.10 Å². The predicted molar refractivity (Wildman–Crippen MR) is 127 cm³/mol. The summed E-state index contributed by atoms with van der Waals surface area (Å²) in [5.74, 6) is -0.0773. The molecule has 0 bridgehead atoms. The van der Waals surface area contributed by atoms with Crippen LogP contribution in [-0.2, 0) is 11.3 Å². The average Bonchev–Trinajstić information content (AvgIpc) is 3.16. The van der Waals surface area contributed by atoms with E-state index in [2.05, 4.69) is 47.0 Å². The normalized spacial score (nSPS) is 14.5. The number of piperazine rings is 1. The van der Waals surface area contributed by atoms with E-state index in [1.807, 2.05) is 30.0 Å². The summed E-state index contributed by atoms with van der Waals surface area (Å²) in [5.41, 5.74) is 6.04. The van der Waals surface area contributed by atoms with Crippen LogP contribution >= 0.6 is 0 Å². The molecule has 0 spiro atoms. The number of hydrogen-bond acceptors (Lipinski definition) is 4. The Morgan fingerprint density at radius 1 is 1.03 bits per heavy atom. The lowest BCUT2D eigenvalue weighted by Crippen LogP contribution is -2.50. The molecule has 1 amide bonds. The maximum atomic E-state index is 13.0. The quantitative estimate of drug-likeness (QED) is 0.543. The number of nitrogens with one attached hydrogen (secondary N) is 1. The number of carbonyl (C=O) groups excluding carboxylic acids is 1. The molecule has 0 unspecified atom stereocenters. The summed E-state index contributed by atoms with van der Waals surface area (Å²) < 4.78 is 1.27. The van der Waals surface area contributed by atoms with Crippen molar-refractivity contribution in [3.05, 3.63) is 69.6 Å². The predicted octanol–water partition coefficient (Wildman–Crippen LogP) is 3.15. The van der Waals surface area contributed by atoms with Crippen LogP contribution in [-0.4, -0.2) is 51.8 Å². The minimum atomic E-state index is -0.265. The molecule has 5 rings (SSSR count). The van der Waals surface area contributed by atoms with Crippen LogP contribution in [0.1, 0.15) is 16.7 Å². The van der Waals surface area contributed by atoms with Gasteiger partial charge in [0.05, 0.1) is 6.20 Å². The molecule has 0 saturated carbocycles. The first-order chi connectivity index (χ1) is 15.4. The molecule has 0 aliphatic carbocycles. The Kier molecular flexibility index (Phi) is 4.96. The minimum absolute atomic E-state index is 0.0490. The van der Waals surface area contributed by atoms with E-state index < -0.39 is 0 Å². The van der Waals surface area contributed by atoms with Gasteiger partial charge in [-0.1, -0.05) is 23.8 Å². The molecule has 3 heterocycles. The lowest BCUT2D eigenvalue weighted by Gasteiger charge is -2.37. The van der Waals surface area contributed by atoms with Crippen LogP contribution < -0.4 is 10.5 Å². The summed E-state index contributed by atoms with van der Waals surface area (Å²) in [4.78, 5) is 33.3. The maximum absolute atomic E-state index is 13.0. The molecule has 1 fully saturated rings.